The van der Waals surface area contributed by atoms with Crippen molar-refractivity contribution in [3.63, 3.8) is 0 Å². The first-order chi connectivity index (χ1) is 6.74. The lowest BCUT2D eigenvalue weighted by Gasteiger charge is -1.96. The Bertz CT molecular complexity index is 464. The van der Waals surface area contributed by atoms with E-state index >= 15 is 0 Å². The van der Waals surface area contributed by atoms with E-state index in [0.29, 0.717) is 0 Å². The third kappa shape index (κ3) is 2.76. The highest BCUT2D eigenvalue weighted by molar-refractivity contribution is 5.30. The molecule has 0 saturated carbocycles. The molecule has 0 bridgehead atoms. The maximum atomic E-state index is 11.0. The highest BCUT2D eigenvalue weighted by Crippen LogP contribution is 1.83. The van der Waals surface area contributed by atoms with Gasteiger partial charge >= 0.3 is 5.69 Å². The van der Waals surface area contributed by atoms with Gasteiger partial charge in [0, 0.05) is 0 Å². The number of aliphatic hydroxyl groups excluding tert-OH is 1. The van der Waals surface area contributed by atoms with Crippen LogP contribution in [0.3, 0.4) is 0 Å². The van der Waals surface area contributed by atoms with E-state index in [-0.39, 0.29) is 19.0 Å². The summed E-state index contributed by atoms with van der Waals surface area (Å²) in [6, 6.07) is 0. The van der Waals surface area contributed by atoms with Crippen LogP contribution in [0.1, 0.15) is 0 Å². The lowest BCUT2D eigenvalue weighted by atomic mass is 10.5. The number of anilines is 1. The fourth-order valence-corrected chi connectivity index (χ4v) is 0.714. The lowest BCUT2D eigenvalue weighted by molar-refractivity contribution is 0.350. The minimum atomic E-state index is -0.665. The third-order valence-electron chi connectivity index (χ3n) is 1.26. The predicted molar refractivity (Wildman–Crippen MR) is 48.8 cm³/mol. The molecule has 14 heavy (non-hydrogen) atoms. The molecule has 0 atom stereocenters. The van der Waals surface area contributed by atoms with Crippen LogP contribution in [0.5, 0.6) is 0 Å². The van der Waals surface area contributed by atoms with Crippen LogP contribution in [-0.4, -0.2) is 33.4 Å². The molecule has 1 aromatic heterocycles. The Morgan fingerprint density at radius 2 is 2.21 bits per heavy atom. The molecule has 0 amide bonds. The Labute approximate surface area is 78.2 Å². The first-order valence-corrected chi connectivity index (χ1v) is 3.73. The Kier molecular flexibility index (Phi) is 3.46. The van der Waals surface area contributed by atoms with Gasteiger partial charge in [-0.1, -0.05) is 11.8 Å². The van der Waals surface area contributed by atoms with Gasteiger partial charge in [0.05, 0.1) is 6.54 Å². The van der Waals surface area contributed by atoms with E-state index in [1.54, 1.807) is 0 Å². The van der Waals surface area contributed by atoms with Crippen molar-refractivity contribution in [1.29, 1.82) is 0 Å². The Morgan fingerprint density at radius 1 is 1.43 bits per heavy atom. The van der Waals surface area contributed by atoms with Crippen LogP contribution in [0.15, 0.2) is 9.59 Å². The first-order valence-electron chi connectivity index (χ1n) is 3.73. The molecule has 0 radical (unpaired) electrons. The van der Waals surface area contributed by atoms with E-state index in [1.807, 2.05) is 4.98 Å². The zero-order valence-corrected chi connectivity index (χ0v) is 7.13. The van der Waals surface area contributed by atoms with Gasteiger partial charge in [-0.15, -0.1) is 5.10 Å². The van der Waals surface area contributed by atoms with Gasteiger partial charge < -0.3 is 10.4 Å². The van der Waals surface area contributed by atoms with Crippen molar-refractivity contribution in [2.75, 3.05) is 18.5 Å². The molecule has 0 aliphatic rings. The Morgan fingerprint density at radius 3 is 2.86 bits per heavy atom. The van der Waals surface area contributed by atoms with Crippen LogP contribution < -0.4 is 16.6 Å². The van der Waals surface area contributed by atoms with Crippen molar-refractivity contribution >= 4 is 5.82 Å². The second-order valence-corrected chi connectivity index (χ2v) is 2.22. The van der Waals surface area contributed by atoms with E-state index in [2.05, 4.69) is 27.4 Å². The number of H-pyrrole nitrogens is 2. The molecule has 0 saturated heterocycles. The van der Waals surface area contributed by atoms with Crippen molar-refractivity contribution in [3.8, 4) is 11.8 Å². The summed E-state index contributed by atoms with van der Waals surface area (Å²) in [6.45, 7) is -0.0697. The summed E-state index contributed by atoms with van der Waals surface area (Å²) >= 11 is 0. The number of nitrogens with zero attached hydrogens (tertiary/aromatic N) is 1. The quantitative estimate of drug-likeness (QED) is 0.404. The molecule has 1 aromatic rings. The largest absolute Gasteiger partial charge is 0.384 e. The summed E-state index contributed by atoms with van der Waals surface area (Å²) in [5, 5.41) is 16.4. The molecule has 1 heterocycles. The topological polar surface area (TPSA) is 111 Å². The van der Waals surface area contributed by atoms with Gasteiger partial charge in [0.2, 0.25) is 5.82 Å². The molecule has 0 unspecified atom stereocenters. The van der Waals surface area contributed by atoms with E-state index < -0.39 is 11.2 Å². The van der Waals surface area contributed by atoms with Gasteiger partial charge in [-0.05, 0) is 0 Å². The van der Waals surface area contributed by atoms with Crippen molar-refractivity contribution in [1.82, 2.24) is 15.2 Å². The fraction of sp³-hybridized carbons (Fsp3) is 0.286. The maximum absolute atomic E-state index is 11.0. The lowest BCUT2D eigenvalue weighted by Crippen LogP contribution is -2.27. The van der Waals surface area contributed by atoms with Gasteiger partial charge in [-0.25, -0.2) is 9.89 Å². The van der Waals surface area contributed by atoms with Gasteiger partial charge in [-0.2, -0.15) is 0 Å². The van der Waals surface area contributed by atoms with Gasteiger partial charge in [0.1, 0.15) is 6.61 Å². The minimum Gasteiger partial charge on any atom is -0.384 e. The normalized spacial score (nSPS) is 8.93. The van der Waals surface area contributed by atoms with E-state index in [9.17, 15) is 9.59 Å². The molecule has 4 N–H and O–H groups in total. The highest BCUT2D eigenvalue weighted by atomic mass is 16.2. The zero-order chi connectivity index (χ0) is 10.4. The third-order valence-corrected chi connectivity index (χ3v) is 1.26. The van der Waals surface area contributed by atoms with Crippen LogP contribution in [0, 0.1) is 11.8 Å². The molecule has 7 heteroatoms. The van der Waals surface area contributed by atoms with Gasteiger partial charge in [-0.3, -0.25) is 9.78 Å². The first kappa shape index (κ1) is 10.0. The average molecular weight is 196 g/mol. The number of aliphatic hydroxyl groups is 1. The second kappa shape index (κ2) is 4.84. The molecule has 1 rings (SSSR count). The SMILES string of the molecule is O=c1[nH]nc(NCC#CCO)c(=O)[nH]1. The molecule has 7 nitrogen and oxygen atoms in total. The number of aromatic amines is 2. The van der Waals surface area contributed by atoms with E-state index in [0.717, 1.165) is 0 Å². The number of nitrogens with one attached hydrogen (secondary N) is 3. The predicted octanol–water partition coefficient (Wildman–Crippen LogP) is -2.13. The molecule has 74 valence electrons. The zero-order valence-electron chi connectivity index (χ0n) is 7.13. The number of hydrogen-bond donors (Lipinski definition) is 4. The molecule has 0 aliphatic heterocycles. The fourth-order valence-electron chi connectivity index (χ4n) is 0.714. The monoisotopic (exact) mass is 196 g/mol. The van der Waals surface area contributed by atoms with Crippen molar-refractivity contribution < 1.29 is 5.11 Å². The molecular weight excluding hydrogens is 188 g/mol. The van der Waals surface area contributed by atoms with Crippen molar-refractivity contribution in [2.45, 2.75) is 0 Å². The summed E-state index contributed by atoms with van der Waals surface area (Å²) in [5.41, 5.74) is -1.28. The number of hydrogen-bond acceptors (Lipinski definition) is 5. The smallest absolute Gasteiger partial charge is 0.342 e. The van der Waals surface area contributed by atoms with Crippen molar-refractivity contribution in [3.05, 3.63) is 20.8 Å². The van der Waals surface area contributed by atoms with Crippen LogP contribution >= 0.6 is 0 Å². The van der Waals surface area contributed by atoms with Crippen LogP contribution in [-0.2, 0) is 0 Å². The second-order valence-electron chi connectivity index (χ2n) is 2.22. The van der Waals surface area contributed by atoms with Gasteiger partial charge in [0.15, 0.2) is 0 Å². The van der Waals surface area contributed by atoms with Crippen LogP contribution in [0.4, 0.5) is 5.82 Å². The summed E-state index contributed by atoms with van der Waals surface area (Å²) in [4.78, 5) is 23.6. The van der Waals surface area contributed by atoms with Crippen LogP contribution in [0.2, 0.25) is 0 Å². The van der Waals surface area contributed by atoms with Crippen molar-refractivity contribution in [2.24, 2.45) is 0 Å². The summed E-state index contributed by atoms with van der Waals surface area (Å²) in [5.74, 6) is 4.89. The molecule has 0 aromatic carbocycles. The minimum absolute atomic E-state index is 0.0168. The molecule has 0 aliphatic carbocycles. The Hall–Kier alpha value is -2.07. The number of aromatic nitrogens is 3. The Balaban J connectivity index is 2.69. The maximum Gasteiger partial charge on any atom is 0.342 e. The van der Waals surface area contributed by atoms with E-state index in [1.165, 1.54) is 0 Å². The molecular formula is C7H8N4O3. The van der Waals surface area contributed by atoms with Crippen LogP contribution in [0.25, 0.3) is 0 Å². The standard InChI is InChI=1S/C7H8N4O3/c12-4-2-1-3-8-5-6(13)9-7(14)11-10-5/h12H,3-4H2,(H,8,10)(H2,9,11,13,14). The summed E-state index contributed by atoms with van der Waals surface area (Å²) in [7, 11) is 0. The summed E-state index contributed by atoms with van der Waals surface area (Å²) in [6.07, 6.45) is 0. The number of rotatable bonds is 2. The average Bonchev–Trinajstić information content (AvgIpc) is 2.15. The van der Waals surface area contributed by atoms with E-state index in [4.69, 9.17) is 5.11 Å². The highest BCUT2D eigenvalue weighted by Gasteiger charge is 1.98. The molecule has 0 spiro atoms. The summed E-state index contributed by atoms with van der Waals surface area (Å²) < 4.78 is 0. The molecule has 0 fully saturated rings. The van der Waals surface area contributed by atoms with Gasteiger partial charge in [0.25, 0.3) is 5.56 Å².